The number of carbonyl (C=O) groups is 1. The molecule has 0 spiro atoms. The molecule has 3 heteroatoms. The first-order valence-corrected chi connectivity index (χ1v) is 5.90. The molecule has 86 valence electrons. The van der Waals surface area contributed by atoms with Crippen molar-refractivity contribution in [1.29, 1.82) is 0 Å². The maximum atomic E-state index is 11.3. The normalized spacial score (nSPS) is 38.6. The van der Waals surface area contributed by atoms with E-state index in [1.807, 2.05) is 0 Å². The Labute approximate surface area is 91.1 Å². The first-order valence-electron chi connectivity index (χ1n) is 5.90. The molecule has 2 heterocycles. The van der Waals surface area contributed by atoms with Crippen molar-refractivity contribution in [2.75, 3.05) is 0 Å². The van der Waals surface area contributed by atoms with Gasteiger partial charge in [0.2, 0.25) is 0 Å². The predicted molar refractivity (Wildman–Crippen MR) is 56.5 cm³/mol. The molecule has 2 saturated heterocycles. The van der Waals surface area contributed by atoms with Crippen LogP contribution in [0.1, 0.15) is 46.5 Å². The molecule has 2 aliphatic heterocycles. The zero-order valence-corrected chi connectivity index (χ0v) is 9.79. The summed E-state index contributed by atoms with van der Waals surface area (Å²) < 4.78 is 11.4. The lowest BCUT2D eigenvalue weighted by Gasteiger charge is -2.33. The van der Waals surface area contributed by atoms with Gasteiger partial charge in [-0.25, -0.2) is 0 Å². The van der Waals surface area contributed by atoms with Crippen molar-refractivity contribution in [1.82, 2.24) is 0 Å². The second-order valence-electron chi connectivity index (χ2n) is 5.22. The fourth-order valence-electron chi connectivity index (χ4n) is 2.73. The van der Waals surface area contributed by atoms with E-state index in [0.29, 0.717) is 6.42 Å². The van der Waals surface area contributed by atoms with E-state index in [0.717, 1.165) is 19.3 Å². The van der Waals surface area contributed by atoms with Gasteiger partial charge >= 0.3 is 5.97 Å². The molecule has 3 atom stereocenters. The van der Waals surface area contributed by atoms with Gasteiger partial charge in [-0.1, -0.05) is 27.2 Å². The Hall–Kier alpha value is -0.570. The molecule has 0 N–H and O–H groups in total. The fourth-order valence-corrected chi connectivity index (χ4v) is 2.73. The van der Waals surface area contributed by atoms with Crippen LogP contribution in [0.25, 0.3) is 0 Å². The van der Waals surface area contributed by atoms with Gasteiger partial charge in [-0.15, -0.1) is 0 Å². The maximum Gasteiger partial charge on any atom is 0.306 e. The van der Waals surface area contributed by atoms with Crippen LogP contribution in [0.4, 0.5) is 0 Å². The van der Waals surface area contributed by atoms with Gasteiger partial charge in [0.15, 0.2) is 0 Å². The average molecular weight is 212 g/mol. The van der Waals surface area contributed by atoms with Crippen LogP contribution in [0.15, 0.2) is 0 Å². The van der Waals surface area contributed by atoms with Gasteiger partial charge in [0, 0.05) is 11.8 Å². The summed E-state index contributed by atoms with van der Waals surface area (Å²) in [7, 11) is 0. The Balaban J connectivity index is 2.13. The van der Waals surface area contributed by atoms with Crippen molar-refractivity contribution >= 4 is 5.97 Å². The molecule has 2 rings (SSSR count). The van der Waals surface area contributed by atoms with Gasteiger partial charge in [-0.3, -0.25) is 4.79 Å². The van der Waals surface area contributed by atoms with Gasteiger partial charge in [0.1, 0.15) is 6.10 Å². The highest BCUT2D eigenvalue weighted by molar-refractivity contribution is 5.70. The monoisotopic (exact) mass is 212 g/mol. The van der Waals surface area contributed by atoms with Crippen LogP contribution in [0.5, 0.6) is 0 Å². The smallest absolute Gasteiger partial charge is 0.306 e. The fraction of sp³-hybridized carbons (Fsp3) is 0.917. The van der Waals surface area contributed by atoms with Crippen LogP contribution in [0, 0.1) is 5.41 Å². The number of carbonyl (C=O) groups excluding carboxylic acids is 1. The van der Waals surface area contributed by atoms with E-state index in [2.05, 4.69) is 20.8 Å². The van der Waals surface area contributed by atoms with Crippen molar-refractivity contribution in [2.45, 2.75) is 64.8 Å². The Kier molecular flexibility index (Phi) is 2.75. The molecular weight excluding hydrogens is 192 g/mol. The lowest BCUT2D eigenvalue weighted by Crippen LogP contribution is -2.42. The summed E-state index contributed by atoms with van der Waals surface area (Å²) in [5.74, 6) is -0.0647. The van der Waals surface area contributed by atoms with E-state index in [-0.39, 0.29) is 29.7 Å². The zero-order chi connectivity index (χ0) is 11.1. The summed E-state index contributed by atoms with van der Waals surface area (Å²) in [5, 5.41) is 0. The van der Waals surface area contributed by atoms with Crippen LogP contribution in [0.3, 0.4) is 0 Å². The van der Waals surface area contributed by atoms with E-state index in [9.17, 15) is 4.79 Å². The van der Waals surface area contributed by atoms with Gasteiger partial charge in [-0.05, 0) is 12.8 Å². The number of ether oxygens (including phenoxy) is 2. The third-order valence-corrected chi connectivity index (χ3v) is 3.68. The maximum absolute atomic E-state index is 11.3. The lowest BCUT2D eigenvalue weighted by atomic mass is 9.78. The van der Waals surface area contributed by atoms with Crippen molar-refractivity contribution < 1.29 is 14.3 Å². The Morgan fingerprint density at radius 1 is 1.47 bits per heavy atom. The van der Waals surface area contributed by atoms with Crippen molar-refractivity contribution in [3.63, 3.8) is 0 Å². The molecule has 0 aliphatic carbocycles. The molecule has 15 heavy (non-hydrogen) atoms. The quantitative estimate of drug-likeness (QED) is 0.659. The van der Waals surface area contributed by atoms with E-state index >= 15 is 0 Å². The van der Waals surface area contributed by atoms with Crippen molar-refractivity contribution in [2.24, 2.45) is 5.41 Å². The number of hydrogen-bond acceptors (Lipinski definition) is 3. The molecule has 3 nitrogen and oxygen atoms in total. The summed E-state index contributed by atoms with van der Waals surface area (Å²) in [6.45, 7) is 6.46. The van der Waals surface area contributed by atoms with Gasteiger partial charge in [-0.2, -0.15) is 0 Å². The van der Waals surface area contributed by atoms with Gasteiger partial charge in [0.05, 0.1) is 12.2 Å². The number of hydrogen-bond donors (Lipinski definition) is 0. The van der Waals surface area contributed by atoms with E-state index < -0.39 is 0 Å². The molecule has 0 aromatic heterocycles. The molecule has 0 saturated carbocycles. The topological polar surface area (TPSA) is 35.5 Å². The Bertz CT molecular complexity index is 260. The van der Waals surface area contributed by atoms with Crippen molar-refractivity contribution in [3.05, 3.63) is 0 Å². The van der Waals surface area contributed by atoms with Crippen LogP contribution in [-0.2, 0) is 14.3 Å². The Morgan fingerprint density at radius 3 is 2.87 bits per heavy atom. The van der Waals surface area contributed by atoms with Crippen molar-refractivity contribution in [3.8, 4) is 0 Å². The summed E-state index contributed by atoms with van der Waals surface area (Å²) >= 11 is 0. The summed E-state index contributed by atoms with van der Waals surface area (Å²) in [6.07, 6.45) is 3.84. The highest BCUT2D eigenvalue weighted by Gasteiger charge is 2.53. The van der Waals surface area contributed by atoms with Crippen LogP contribution < -0.4 is 0 Å². The van der Waals surface area contributed by atoms with E-state index in [1.54, 1.807) is 0 Å². The summed E-state index contributed by atoms with van der Waals surface area (Å²) in [5.41, 5.74) is -0.0310. The van der Waals surface area contributed by atoms with Gasteiger partial charge < -0.3 is 9.47 Å². The second-order valence-corrected chi connectivity index (χ2v) is 5.22. The largest absolute Gasteiger partial charge is 0.459 e. The molecule has 0 amide bonds. The van der Waals surface area contributed by atoms with Crippen LogP contribution >= 0.6 is 0 Å². The zero-order valence-electron chi connectivity index (χ0n) is 9.79. The molecule has 0 aromatic rings. The Morgan fingerprint density at radius 2 is 2.20 bits per heavy atom. The summed E-state index contributed by atoms with van der Waals surface area (Å²) in [6, 6.07) is 0. The minimum absolute atomic E-state index is 0.0310. The minimum Gasteiger partial charge on any atom is -0.459 e. The standard InChI is InChI=1S/C12H20O3/c1-4-5-9-12(2,3)11-8(14-9)6-7-10(13)15-11/h8-9,11H,4-7H2,1-3H3/t8?,9-,11?/m0/s1. The third-order valence-electron chi connectivity index (χ3n) is 3.68. The molecule has 2 aliphatic rings. The minimum atomic E-state index is -0.0647. The van der Waals surface area contributed by atoms with Crippen LogP contribution in [-0.4, -0.2) is 24.3 Å². The second kappa shape index (κ2) is 3.78. The van der Waals surface area contributed by atoms with E-state index in [1.165, 1.54) is 0 Å². The molecular formula is C12H20O3. The van der Waals surface area contributed by atoms with Gasteiger partial charge in [0.25, 0.3) is 0 Å². The lowest BCUT2D eigenvalue weighted by molar-refractivity contribution is -0.163. The van der Waals surface area contributed by atoms with Crippen LogP contribution in [0.2, 0.25) is 0 Å². The predicted octanol–water partition coefficient (Wildman–Crippen LogP) is 2.29. The first-order chi connectivity index (χ1) is 7.05. The molecule has 0 radical (unpaired) electrons. The number of rotatable bonds is 2. The highest BCUT2D eigenvalue weighted by Crippen LogP contribution is 2.45. The molecule has 2 fully saturated rings. The third kappa shape index (κ3) is 1.78. The number of esters is 1. The molecule has 2 unspecified atom stereocenters. The summed E-state index contributed by atoms with van der Waals surface area (Å²) in [4.78, 5) is 11.3. The molecule has 0 bridgehead atoms. The SMILES string of the molecule is CCC[C@@H]1OC2CCC(=O)OC2C1(C)C. The highest BCUT2D eigenvalue weighted by atomic mass is 16.6. The number of fused-ring (bicyclic) bond motifs is 1. The average Bonchev–Trinajstić information content (AvgIpc) is 2.41. The molecule has 0 aromatic carbocycles. The van der Waals surface area contributed by atoms with E-state index in [4.69, 9.17) is 9.47 Å². The first kappa shape index (κ1) is 10.9.